The van der Waals surface area contributed by atoms with Crippen LogP contribution in [0.1, 0.15) is 51.1 Å². The van der Waals surface area contributed by atoms with Crippen LogP contribution in [0.2, 0.25) is 5.02 Å². The standard InChI is InChI=1S/C24H29ClF2N4O5/c1-14(2)18-5-8-28-31(18)23(6-9-30(10-7-23)16-12-24(35,13-16)21(33)34)20(32)29-17-4-3-15(25)11-19(17)36-22(26)27/h3-5,8,11,14,16,22,35H,6-7,9-10,12-13H2,1-2H3,(H,29,32)(H,33,34). The number of aliphatic carboxylic acids is 1. The van der Waals surface area contributed by atoms with Crippen LogP contribution in [0.5, 0.6) is 5.75 Å². The number of likely N-dealkylation sites (tertiary alicyclic amines) is 1. The highest BCUT2D eigenvalue weighted by molar-refractivity contribution is 6.30. The fourth-order valence-electron chi connectivity index (χ4n) is 5.09. The summed E-state index contributed by atoms with van der Waals surface area (Å²) in [7, 11) is 0. The van der Waals surface area contributed by atoms with E-state index >= 15 is 0 Å². The van der Waals surface area contributed by atoms with E-state index < -0.39 is 29.6 Å². The molecule has 1 aromatic heterocycles. The number of aromatic nitrogens is 2. The summed E-state index contributed by atoms with van der Waals surface area (Å²) in [5, 5.41) is 26.7. The van der Waals surface area contributed by atoms with Gasteiger partial charge in [0.15, 0.2) is 11.4 Å². The minimum absolute atomic E-state index is 0.0651. The quantitative estimate of drug-likeness (QED) is 0.480. The first kappa shape index (κ1) is 26.3. The summed E-state index contributed by atoms with van der Waals surface area (Å²) in [4.78, 5) is 27.2. The van der Waals surface area contributed by atoms with Gasteiger partial charge in [0.05, 0.1) is 5.69 Å². The summed E-state index contributed by atoms with van der Waals surface area (Å²) in [5.41, 5.74) is -1.91. The summed E-state index contributed by atoms with van der Waals surface area (Å²) < 4.78 is 32.2. The summed E-state index contributed by atoms with van der Waals surface area (Å²) in [6.07, 6.45) is 2.57. The molecule has 1 amide bonds. The van der Waals surface area contributed by atoms with E-state index in [1.807, 2.05) is 19.9 Å². The van der Waals surface area contributed by atoms with E-state index in [4.69, 9.17) is 11.6 Å². The number of hydrogen-bond donors (Lipinski definition) is 3. The second kappa shape index (κ2) is 9.95. The van der Waals surface area contributed by atoms with Gasteiger partial charge in [0.2, 0.25) is 0 Å². The number of piperidine rings is 1. The van der Waals surface area contributed by atoms with Gasteiger partial charge in [-0.2, -0.15) is 13.9 Å². The van der Waals surface area contributed by atoms with E-state index in [1.54, 1.807) is 10.9 Å². The fourth-order valence-corrected chi connectivity index (χ4v) is 5.25. The van der Waals surface area contributed by atoms with E-state index in [2.05, 4.69) is 20.1 Å². The molecule has 1 saturated carbocycles. The van der Waals surface area contributed by atoms with Gasteiger partial charge in [-0.15, -0.1) is 0 Å². The summed E-state index contributed by atoms with van der Waals surface area (Å²) in [5.74, 6) is -1.83. The van der Waals surface area contributed by atoms with Crippen molar-refractivity contribution in [3.8, 4) is 5.75 Å². The van der Waals surface area contributed by atoms with E-state index in [0.29, 0.717) is 25.9 Å². The Balaban J connectivity index is 1.60. The van der Waals surface area contributed by atoms with Crippen molar-refractivity contribution < 1.29 is 33.3 Å². The average molecular weight is 527 g/mol. The monoisotopic (exact) mass is 526 g/mol. The van der Waals surface area contributed by atoms with Crippen LogP contribution in [0.25, 0.3) is 0 Å². The van der Waals surface area contributed by atoms with Crippen LogP contribution in [-0.2, 0) is 15.1 Å². The molecule has 9 nitrogen and oxygen atoms in total. The number of nitrogens with zero attached hydrogens (tertiary/aromatic N) is 3. The molecule has 4 rings (SSSR count). The number of amides is 1. The van der Waals surface area contributed by atoms with Crippen molar-refractivity contribution in [2.24, 2.45) is 0 Å². The Labute approximate surface area is 212 Å². The molecule has 1 aliphatic carbocycles. The molecule has 2 heterocycles. The van der Waals surface area contributed by atoms with Gasteiger partial charge in [0, 0.05) is 55.0 Å². The molecule has 3 N–H and O–H groups in total. The highest BCUT2D eigenvalue weighted by Gasteiger charge is 2.53. The molecule has 1 saturated heterocycles. The molecule has 196 valence electrons. The molecular weight excluding hydrogens is 498 g/mol. The number of nitrogens with one attached hydrogen (secondary N) is 1. The first-order valence-corrected chi connectivity index (χ1v) is 12.1. The van der Waals surface area contributed by atoms with Gasteiger partial charge in [-0.25, -0.2) is 4.79 Å². The molecule has 1 aromatic carbocycles. The number of rotatable bonds is 8. The molecule has 0 unspecified atom stereocenters. The van der Waals surface area contributed by atoms with Gasteiger partial charge < -0.3 is 20.3 Å². The van der Waals surface area contributed by atoms with E-state index in [9.17, 15) is 28.6 Å². The van der Waals surface area contributed by atoms with Gasteiger partial charge in [0.1, 0.15) is 5.54 Å². The Bertz CT molecular complexity index is 1130. The summed E-state index contributed by atoms with van der Waals surface area (Å²) in [6, 6.07) is 5.84. The molecule has 36 heavy (non-hydrogen) atoms. The predicted octanol–water partition coefficient (Wildman–Crippen LogP) is 3.67. The summed E-state index contributed by atoms with van der Waals surface area (Å²) in [6.45, 7) is 1.81. The lowest BCUT2D eigenvalue weighted by Crippen LogP contribution is -2.62. The maximum atomic E-state index is 13.9. The molecular formula is C24H29ClF2N4O5. The van der Waals surface area contributed by atoms with Crippen molar-refractivity contribution in [3.05, 3.63) is 41.2 Å². The molecule has 1 aliphatic heterocycles. The van der Waals surface area contributed by atoms with Crippen molar-refractivity contribution in [1.29, 1.82) is 0 Å². The zero-order valence-electron chi connectivity index (χ0n) is 20.0. The fraction of sp³-hybridized carbons (Fsp3) is 0.542. The number of hydrogen-bond acceptors (Lipinski definition) is 6. The molecule has 0 atom stereocenters. The molecule has 0 bridgehead atoms. The SMILES string of the molecule is CC(C)c1ccnn1C1(C(=O)Nc2ccc(Cl)cc2OC(F)F)CCN(C2CC(O)(C(=O)O)C2)CC1. The maximum absolute atomic E-state index is 13.9. The van der Waals surface area contributed by atoms with Gasteiger partial charge in [-0.3, -0.25) is 14.4 Å². The lowest BCUT2D eigenvalue weighted by Gasteiger charge is -2.50. The Morgan fingerprint density at radius 1 is 1.22 bits per heavy atom. The van der Waals surface area contributed by atoms with Crippen molar-refractivity contribution in [3.63, 3.8) is 0 Å². The summed E-state index contributed by atoms with van der Waals surface area (Å²) >= 11 is 5.94. The minimum Gasteiger partial charge on any atom is -0.479 e. The number of halogens is 3. The number of alkyl halides is 2. The molecule has 0 spiro atoms. The minimum atomic E-state index is -3.10. The Morgan fingerprint density at radius 3 is 2.47 bits per heavy atom. The lowest BCUT2D eigenvalue weighted by molar-refractivity contribution is -0.177. The zero-order valence-corrected chi connectivity index (χ0v) is 20.7. The highest BCUT2D eigenvalue weighted by Crippen LogP contribution is 2.41. The van der Waals surface area contributed by atoms with Gasteiger partial charge in [-0.05, 0) is 37.0 Å². The number of carbonyl (C=O) groups excluding carboxylic acids is 1. The number of carboxylic acids is 1. The Morgan fingerprint density at radius 2 is 1.89 bits per heavy atom. The van der Waals surface area contributed by atoms with Crippen molar-refractivity contribution >= 4 is 29.2 Å². The van der Waals surface area contributed by atoms with E-state index in [-0.39, 0.29) is 41.3 Å². The van der Waals surface area contributed by atoms with E-state index in [1.165, 1.54) is 18.2 Å². The third-order valence-corrected chi connectivity index (χ3v) is 7.42. The molecule has 2 aromatic rings. The molecule has 12 heteroatoms. The van der Waals surface area contributed by atoms with Crippen molar-refractivity contribution in [1.82, 2.24) is 14.7 Å². The van der Waals surface area contributed by atoms with Crippen LogP contribution in [0.15, 0.2) is 30.5 Å². The zero-order chi connectivity index (χ0) is 26.3. The van der Waals surface area contributed by atoms with Gasteiger partial charge >= 0.3 is 12.6 Å². The molecule has 0 radical (unpaired) electrons. The highest BCUT2D eigenvalue weighted by atomic mass is 35.5. The Hall–Kier alpha value is -2.76. The van der Waals surface area contributed by atoms with Crippen LogP contribution in [-0.4, -0.2) is 68.1 Å². The van der Waals surface area contributed by atoms with Crippen LogP contribution >= 0.6 is 11.6 Å². The van der Waals surface area contributed by atoms with Gasteiger partial charge in [0.25, 0.3) is 5.91 Å². The van der Waals surface area contributed by atoms with Crippen molar-refractivity contribution in [2.75, 3.05) is 18.4 Å². The third-order valence-electron chi connectivity index (χ3n) is 7.19. The van der Waals surface area contributed by atoms with E-state index in [0.717, 1.165) is 5.69 Å². The number of anilines is 1. The van der Waals surface area contributed by atoms with Crippen LogP contribution in [0.4, 0.5) is 14.5 Å². The average Bonchev–Trinajstić information content (AvgIpc) is 3.29. The second-order valence-corrected chi connectivity index (χ2v) is 10.2. The molecule has 2 aliphatic rings. The third kappa shape index (κ3) is 4.91. The second-order valence-electron chi connectivity index (χ2n) is 9.76. The number of aliphatic hydroxyl groups is 1. The first-order valence-electron chi connectivity index (χ1n) is 11.8. The first-order chi connectivity index (χ1) is 16.9. The number of carboxylic acid groups (broad SMARTS) is 1. The van der Waals surface area contributed by atoms with Crippen molar-refractivity contribution in [2.45, 2.75) is 69.2 Å². The molecule has 2 fully saturated rings. The smallest absolute Gasteiger partial charge is 0.387 e. The van der Waals surface area contributed by atoms with Gasteiger partial charge in [-0.1, -0.05) is 25.4 Å². The normalized spacial score (nSPS) is 23.9. The lowest BCUT2D eigenvalue weighted by atomic mass is 9.73. The predicted molar refractivity (Wildman–Crippen MR) is 127 cm³/mol. The van der Waals surface area contributed by atoms with Crippen LogP contribution < -0.4 is 10.1 Å². The number of carbonyl (C=O) groups is 2. The topological polar surface area (TPSA) is 117 Å². The van der Waals surface area contributed by atoms with Crippen LogP contribution in [0.3, 0.4) is 0 Å². The largest absolute Gasteiger partial charge is 0.479 e. The number of ether oxygens (including phenoxy) is 1. The van der Waals surface area contributed by atoms with Crippen LogP contribution in [0, 0.1) is 0 Å². The maximum Gasteiger partial charge on any atom is 0.387 e. The number of benzene rings is 1. The Kier molecular flexibility index (Phi) is 7.27.